The van der Waals surface area contributed by atoms with Gasteiger partial charge in [-0.25, -0.2) is 4.98 Å². The fourth-order valence-corrected chi connectivity index (χ4v) is 3.27. The highest BCUT2D eigenvalue weighted by atomic mass is 32.1. The summed E-state index contributed by atoms with van der Waals surface area (Å²) < 4.78 is 0. The molecule has 0 fully saturated rings. The Kier molecular flexibility index (Phi) is 5.87. The summed E-state index contributed by atoms with van der Waals surface area (Å²) in [5.41, 5.74) is 2.58. The Morgan fingerprint density at radius 3 is 2.64 bits per heavy atom. The van der Waals surface area contributed by atoms with E-state index in [1.807, 2.05) is 53.9 Å². The summed E-state index contributed by atoms with van der Waals surface area (Å²) in [6, 6.07) is 15.4. The van der Waals surface area contributed by atoms with Crippen LogP contribution in [-0.4, -0.2) is 39.0 Å². The normalized spacial score (nSPS) is 10.6. The first-order valence-corrected chi connectivity index (χ1v) is 8.92. The third-order valence-electron chi connectivity index (χ3n) is 3.71. The zero-order chi connectivity index (χ0) is 17.5. The van der Waals surface area contributed by atoms with Crippen LogP contribution >= 0.6 is 11.3 Å². The summed E-state index contributed by atoms with van der Waals surface area (Å²) in [6.07, 6.45) is 1.95. The quantitative estimate of drug-likeness (QED) is 0.709. The molecule has 6 heteroatoms. The minimum Gasteiger partial charge on any atom is -0.395 e. The molecule has 2 heterocycles. The van der Waals surface area contributed by atoms with Gasteiger partial charge in [0.25, 0.3) is 0 Å². The van der Waals surface area contributed by atoms with Gasteiger partial charge in [0.05, 0.1) is 24.4 Å². The third-order valence-corrected chi connectivity index (χ3v) is 4.62. The molecule has 128 valence electrons. The number of benzene rings is 1. The second-order valence-electron chi connectivity index (χ2n) is 5.56. The van der Waals surface area contributed by atoms with Gasteiger partial charge in [-0.05, 0) is 17.7 Å². The van der Waals surface area contributed by atoms with E-state index in [2.05, 4.69) is 9.97 Å². The van der Waals surface area contributed by atoms with Gasteiger partial charge in [-0.1, -0.05) is 36.4 Å². The fraction of sp³-hybridized carbons (Fsp3) is 0.211. The van der Waals surface area contributed by atoms with E-state index in [0.717, 1.165) is 22.0 Å². The van der Waals surface area contributed by atoms with Crippen LogP contribution in [0.4, 0.5) is 0 Å². The smallest absolute Gasteiger partial charge is 0.228 e. The average Bonchev–Trinajstić information content (AvgIpc) is 3.11. The second kappa shape index (κ2) is 8.50. The predicted molar refractivity (Wildman–Crippen MR) is 98.0 cm³/mol. The third kappa shape index (κ3) is 4.71. The Balaban J connectivity index is 1.68. The molecule has 5 nitrogen and oxygen atoms in total. The van der Waals surface area contributed by atoms with E-state index >= 15 is 0 Å². The molecule has 0 spiro atoms. The van der Waals surface area contributed by atoms with Gasteiger partial charge < -0.3 is 10.0 Å². The van der Waals surface area contributed by atoms with Crippen LogP contribution in [0, 0.1) is 0 Å². The van der Waals surface area contributed by atoms with E-state index in [-0.39, 0.29) is 18.9 Å². The van der Waals surface area contributed by atoms with Crippen molar-refractivity contribution in [3.8, 4) is 10.7 Å². The van der Waals surface area contributed by atoms with Crippen LogP contribution in [-0.2, 0) is 17.8 Å². The standard InChI is InChI=1S/C19H19N3O2S/c23-11-10-22(13-15-6-2-1-3-7-15)18(24)12-16-14-25-19(21-16)17-8-4-5-9-20-17/h1-9,14,23H,10-13H2. The molecule has 1 amide bonds. The molecule has 0 aliphatic heterocycles. The van der Waals surface area contributed by atoms with Crippen molar-refractivity contribution in [3.63, 3.8) is 0 Å². The van der Waals surface area contributed by atoms with Gasteiger partial charge in [-0.2, -0.15) is 0 Å². The molecular weight excluding hydrogens is 334 g/mol. The molecule has 3 rings (SSSR count). The Morgan fingerprint density at radius 1 is 1.12 bits per heavy atom. The first-order valence-electron chi connectivity index (χ1n) is 8.04. The van der Waals surface area contributed by atoms with Crippen LogP contribution in [0.15, 0.2) is 60.1 Å². The lowest BCUT2D eigenvalue weighted by atomic mass is 10.2. The first kappa shape index (κ1) is 17.3. The van der Waals surface area contributed by atoms with Gasteiger partial charge in [0, 0.05) is 24.7 Å². The number of nitrogens with zero attached hydrogens (tertiary/aromatic N) is 3. The SMILES string of the molecule is O=C(Cc1csc(-c2ccccn2)n1)N(CCO)Cc1ccccc1. The zero-order valence-corrected chi connectivity index (χ0v) is 14.5. The molecule has 0 aliphatic rings. The molecule has 0 saturated heterocycles. The molecule has 1 aromatic carbocycles. The monoisotopic (exact) mass is 353 g/mol. The Labute approximate surface area is 150 Å². The van der Waals surface area contributed by atoms with Gasteiger partial charge in [-0.3, -0.25) is 9.78 Å². The fourth-order valence-electron chi connectivity index (χ4n) is 2.48. The lowest BCUT2D eigenvalue weighted by Gasteiger charge is -2.21. The number of pyridine rings is 1. The van der Waals surface area contributed by atoms with Crippen LogP contribution < -0.4 is 0 Å². The van der Waals surface area contributed by atoms with Crippen molar-refractivity contribution in [1.29, 1.82) is 0 Å². The summed E-state index contributed by atoms with van der Waals surface area (Å²) >= 11 is 1.48. The lowest BCUT2D eigenvalue weighted by Crippen LogP contribution is -2.34. The number of hydrogen-bond donors (Lipinski definition) is 1. The molecule has 0 bridgehead atoms. The highest BCUT2D eigenvalue weighted by Gasteiger charge is 2.16. The van der Waals surface area contributed by atoms with Crippen molar-refractivity contribution < 1.29 is 9.90 Å². The van der Waals surface area contributed by atoms with E-state index in [0.29, 0.717) is 13.1 Å². The molecule has 0 atom stereocenters. The highest BCUT2D eigenvalue weighted by Crippen LogP contribution is 2.22. The molecule has 0 unspecified atom stereocenters. The highest BCUT2D eigenvalue weighted by molar-refractivity contribution is 7.13. The number of thiazole rings is 1. The van der Waals surface area contributed by atoms with Gasteiger partial charge >= 0.3 is 0 Å². The Morgan fingerprint density at radius 2 is 1.92 bits per heavy atom. The maximum Gasteiger partial charge on any atom is 0.228 e. The molecule has 3 aromatic rings. The van der Waals surface area contributed by atoms with Gasteiger partial charge in [0.1, 0.15) is 5.01 Å². The van der Waals surface area contributed by atoms with Crippen molar-refractivity contribution in [2.24, 2.45) is 0 Å². The number of aliphatic hydroxyl groups is 1. The number of carbonyl (C=O) groups excluding carboxylic acids is 1. The van der Waals surface area contributed by atoms with Gasteiger partial charge in [-0.15, -0.1) is 11.3 Å². The van der Waals surface area contributed by atoms with E-state index in [1.54, 1.807) is 11.1 Å². The second-order valence-corrected chi connectivity index (χ2v) is 6.42. The number of aromatic nitrogens is 2. The number of amides is 1. The minimum atomic E-state index is -0.0607. The molecule has 25 heavy (non-hydrogen) atoms. The topological polar surface area (TPSA) is 66.3 Å². The zero-order valence-electron chi connectivity index (χ0n) is 13.7. The number of hydrogen-bond acceptors (Lipinski definition) is 5. The number of rotatable bonds is 7. The predicted octanol–water partition coefficient (Wildman–Crippen LogP) is 2.77. The van der Waals surface area contributed by atoms with Gasteiger partial charge in [0.15, 0.2) is 0 Å². The van der Waals surface area contributed by atoms with E-state index in [4.69, 9.17) is 0 Å². The van der Waals surface area contributed by atoms with Crippen molar-refractivity contribution >= 4 is 17.2 Å². The van der Waals surface area contributed by atoms with Crippen LogP contribution in [0.2, 0.25) is 0 Å². The van der Waals surface area contributed by atoms with Crippen molar-refractivity contribution in [2.75, 3.05) is 13.2 Å². The molecule has 1 N–H and O–H groups in total. The summed E-state index contributed by atoms with van der Waals surface area (Å²) in [5.74, 6) is -0.0456. The molecule has 0 aliphatic carbocycles. The van der Waals surface area contributed by atoms with E-state index in [9.17, 15) is 9.90 Å². The van der Waals surface area contributed by atoms with E-state index in [1.165, 1.54) is 11.3 Å². The molecule has 0 radical (unpaired) electrons. The number of aliphatic hydroxyl groups excluding tert-OH is 1. The largest absolute Gasteiger partial charge is 0.395 e. The Bertz CT molecular complexity index is 806. The van der Waals surface area contributed by atoms with Crippen LogP contribution in [0.1, 0.15) is 11.3 Å². The first-order chi connectivity index (χ1) is 12.3. The van der Waals surface area contributed by atoms with Gasteiger partial charge in [0.2, 0.25) is 5.91 Å². The van der Waals surface area contributed by atoms with Crippen molar-refractivity contribution in [3.05, 3.63) is 71.4 Å². The summed E-state index contributed by atoms with van der Waals surface area (Å²) in [6.45, 7) is 0.733. The number of carbonyl (C=O) groups is 1. The lowest BCUT2D eigenvalue weighted by molar-refractivity contribution is -0.131. The molecule has 0 saturated carbocycles. The molecule has 2 aromatic heterocycles. The van der Waals surface area contributed by atoms with Crippen LogP contribution in [0.25, 0.3) is 10.7 Å². The maximum atomic E-state index is 12.6. The van der Waals surface area contributed by atoms with Crippen LogP contribution in [0.5, 0.6) is 0 Å². The summed E-state index contributed by atoms with van der Waals surface area (Å²) in [4.78, 5) is 23.1. The maximum absolute atomic E-state index is 12.6. The Hall–Kier alpha value is -2.57. The average molecular weight is 353 g/mol. The van der Waals surface area contributed by atoms with Crippen molar-refractivity contribution in [1.82, 2.24) is 14.9 Å². The van der Waals surface area contributed by atoms with Crippen molar-refractivity contribution in [2.45, 2.75) is 13.0 Å². The van der Waals surface area contributed by atoms with E-state index < -0.39 is 0 Å². The summed E-state index contributed by atoms with van der Waals surface area (Å²) in [5, 5.41) is 12.0. The van der Waals surface area contributed by atoms with Crippen LogP contribution in [0.3, 0.4) is 0 Å². The molecular formula is C19H19N3O2S. The minimum absolute atomic E-state index is 0.0456. The summed E-state index contributed by atoms with van der Waals surface area (Å²) in [7, 11) is 0.